The highest BCUT2D eigenvalue weighted by Gasteiger charge is 2.20. The number of halogens is 1. The first kappa shape index (κ1) is 23.9. The first-order valence-electron chi connectivity index (χ1n) is 10.5. The minimum atomic E-state index is -0.360. The Kier molecular flexibility index (Phi) is 9.84. The lowest BCUT2D eigenvalue weighted by Crippen LogP contribution is -2.36. The van der Waals surface area contributed by atoms with E-state index in [0.717, 1.165) is 30.6 Å². The number of rotatable bonds is 8. The van der Waals surface area contributed by atoms with Crippen LogP contribution in [0.3, 0.4) is 0 Å². The number of benzene rings is 2. The summed E-state index contributed by atoms with van der Waals surface area (Å²) >= 11 is 0. The highest BCUT2D eigenvalue weighted by Crippen LogP contribution is 2.18. The van der Waals surface area contributed by atoms with Gasteiger partial charge in [0.15, 0.2) is 0 Å². The van der Waals surface area contributed by atoms with Crippen LogP contribution in [0, 0.1) is 12.8 Å². The fourth-order valence-electron chi connectivity index (χ4n) is 3.73. The average molecular weight is 430 g/mol. The topological polar surface area (TPSA) is 70.2 Å². The second kappa shape index (κ2) is 12.4. The standard InChI is InChI=1S/C24H31N3O2.ClH/c1-18-9-11-21(12-10-18)24(29)27-22(20-7-3-2-4-8-20)16-23(28)26-15-13-19-6-5-14-25-17-19;/h2-4,7-12,19,22,25H,5-6,13-17H2,1H3,(H,26,28)(H,27,29);1H. The zero-order valence-electron chi connectivity index (χ0n) is 17.5. The van der Waals surface area contributed by atoms with Gasteiger partial charge in [-0.05, 0) is 62.9 Å². The third kappa shape index (κ3) is 7.47. The van der Waals surface area contributed by atoms with E-state index < -0.39 is 0 Å². The largest absolute Gasteiger partial charge is 0.356 e. The van der Waals surface area contributed by atoms with Gasteiger partial charge in [-0.1, -0.05) is 48.0 Å². The fourth-order valence-corrected chi connectivity index (χ4v) is 3.73. The lowest BCUT2D eigenvalue weighted by Gasteiger charge is -2.23. The maximum atomic E-state index is 12.7. The molecule has 3 N–H and O–H groups in total. The molecule has 2 aromatic carbocycles. The van der Waals surface area contributed by atoms with Gasteiger partial charge in [-0.25, -0.2) is 0 Å². The summed E-state index contributed by atoms with van der Waals surface area (Å²) in [5, 5.41) is 9.47. The molecule has 0 saturated carbocycles. The summed E-state index contributed by atoms with van der Waals surface area (Å²) in [6.45, 7) is 4.80. The van der Waals surface area contributed by atoms with Gasteiger partial charge in [0, 0.05) is 12.1 Å². The summed E-state index contributed by atoms with van der Waals surface area (Å²) in [5.74, 6) is 0.432. The van der Waals surface area contributed by atoms with Gasteiger partial charge < -0.3 is 16.0 Å². The summed E-state index contributed by atoms with van der Waals surface area (Å²) in [6, 6.07) is 16.8. The van der Waals surface area contributed by atoms with Gasteiger partial charge in [0.05, 0.1) is 12.5 Å². The molecule has 3 rings (SSSR count). The summed E-state index contributed by atoms with van der Waals surface area (Å²) < 4.78 is 0. The zero-order chi connectivity index (χ0) is 20.5. The van der Waals surface area contributed by atoms with E-state index in [1.807, 2.05) is 61.5 Å². The van der Waals surface area contributed by atoms with Crippen molar-refractivity contribution in [2.75, 3.05) is 19.6 Å². The monoisotopic (exact) mass is 429 g/mol. The Bertz CT molecular complexity index is 790. The van der Waals surface area contributed by atoms with Crippen LogP contribution in [-0.4, -0.2) is 31.4 Å². The third-order valence-corrected chi connectivity index (χ3v) is 5.48. The Morgan fingerprint density at radius 1 is 1.10 bits per heavy atom. The van der Waals surface area contributed by atoms with Gasteiger partial charge in [0.1, 0.15) is 0 Å². The van der Waals surface area contributed by atoms with E-state index >= 15 is 0 Å². The molecule has 0 aliphatic carbocycles. The third-order valence-electron chi connectivity index (χ3n) is 5.48. The van der Waals surface area contributed by atoms with Crippen molar-refractivity contribution in [2.24, 2.45) is 5.92 Å². The molecule has 2 amide bonds. The van der Waals surface area contributed by atoms with Crippen LogP contribution < -0.4 is 16.0 Å². The number of carbonyl (C=O) groups excluding carboxylic acids is 2. The summed E-state index contributed by atoms with van der Waals surface area (Å²) in [4.78, 5) is 25.2. The lowest BCUT2D eigenvalue weighted by atomic mass is 9.96. The molecule has 0 spiro atoms. The van der Waals surface area contributed by atoms with Crippen molar-refractivity contribution in [1.29, 1.82) is 0 Å². The minimum absolute atomic E-state index is 0. The number of piperidine rings is 1. The SMILES string of the molecule is Cc1ccc(C(=O)NC(CC(=O)NCCC2CCCNC2)c2ccccc2)cc1.Cl. The van der Waals surface area contributed by atoms with Crippen molar-refractivity contribution < 1.29 is 9.59 Å². The van der Waals surface area contributed by atoms with Crippen LogP contribution in [0.4, 0.5) is 0 Å². The molecule has 1 fully saturated rings. The van der Waals surface area contributed by atoms with E-state index in [9.17, 15) is 9.59 Å². The van der Waals surface area contributed by atoms with Gasteiger partial charge in [0.25, 0.3) is 5.91 Å². The Hall–Kier alpha value is -2.37. The normalized spacial score (nSPS) is 16.8. The summed E-state index contributed by atoms with van der Waals surface area (Å²) in [5.41, 5.74) is 2.63. The number of carbonyl (C=O) groups is 2. The number of hydrogen-bond donors (Lipinski definition) is 3. The zero-order valence-corrected chi connectivity index (χ0v) is 18.3. The van der Waals surface area contributed by atoms with E-state index in [1.54, 1.807) is 0 Å². The van der Waals surface area contributed by atoms with E-state index in [-0.39, 0.29) is 36.7 Å². The highest BCUT2D eigenvalue weighted by molar-refractivity contribution is 5.94. The summed E-state index contributed by atoms with van der Waals surface area (Å²) in [7, 11) is 0. The van der Waals surface area contributed by atoms with Crippen LogP contribution in [0.25, 0.3) is 0 Å². The van der Waals surface area contributed by atoms with Crippen molar-refractivity contribution in [3.05, 3.63) is 71.3 Å². The van der Waals surface area contributed by atoms with Crippen LogP contribution in [-0.2, 0) is 4.79 Å². The van der Waals surface area contributed by atoms with Crippen LogP contribution >= 0.6 is 12.4 Å². The predicted octanol–water partition coefficient (Wildman–Crippen LogP) is 3.78. The second-order valence-corrected chi connectivity index (χ2v) is 7.86. The van der Waals surface area contributed by atoms with E-state index in [4.69, 9.17) is 0 Å². The van der Waals surface area contributed by atoms with Gasteiger partial charge >= 0.3 is 0 Å². The van der Waals surface area contributed by atoms with E-state index in [2.05, 4.69) is 16.0 Å². The number of nitrogens with one attached hydrogen (secondary N) is 3. The Labute approximate surface area is 185 Å². The van der Waals surface area contributed by atoms with Crippen LogP contribution in [0.2, 0.25) is 0 Å². The molecule has 0 bridgehead atoms. The van der Waals surface area contributed by atoms with Crippen molar-refractivity contribution in [3.8, 4) is 0 Å². The maximum absolute atomic E-state index is 12.7. The quantitative estimate of drug-likeness (QED) is 0.598. The second-order valence-electron chi connectivity index (χ2n) is 7.86. The highest BCUT2D eigenvalue weighted by atomic mass is 35.5. The van der Waals surface area contributed by atoms with E-state index in [0.29, 0.717) is 18.0 Å². The van der Waals surface area contributed by atoms with Gasteiger partial charge in [0.2, 0.25) is 5.91 Å². The van der Waals surface area contributed by atoms with E-state index in [1.165, 1.54) is 12.8 Å². The average Bonchev–Trinajstić information content (AvgIpc) is 2.75. The van der Waals surface area contributed by atoms with Gasteiger partial charge in [-0.2, -0.15) is 0 Å². The predicted molar refractivity (Wildman–Crippen MR) is 123 cm³/mol. The van der Waals surface area contributed by atoms with Crippen LogP contribution in [0.1, 0.15) is 53.2 Å². The van der Waals surface area contributed by atoms with Crippen LogP contribution in [0.5, 0.6) is 0 Å². The molecule has 6 heteroatoms. The molecule has 1 saturated heterocycles. The molecule has 1 aliphatic rings. The Balaban J connectivity index is 0.00000320. The first-order valence-corrected chi connectivity index (χ1v) is 10.5. The van der Waals surface area contributed by atoms with Gasteiger partial charge in [-0.15, -0.1) is 12.4 Å². The van der Waals surface area contributed by atoms with Crippen molar-refractivity contribution in [3.63, 3.8) is 0 Å². The van der Waals surface area contributed by atoms with Crippen molar-refractivity contribution >= 4 is 24.2 Å². The summed E-state index contributed by atoms with van der Waals surface area (Å²) in [6.07, 6.45) is 3.65. The number of amides is 2. The van der Waals surface area contributed by atoms with Crippen molar-refractivity contribution in [2.45, 2.75) is 38.6 Å². The number of hydrogen-bond acceptors (Lipinski definition) is 3. The molecule has 2 atom stereocenters. The molecule has 1 aliphatic heterocycles. The first-order chi connectivity index (χ1) is 14.1. The molecule has 5 nitrogen and oxygen atoms in total. The molecule has 0 radical (unpaired) electrons. The molecule has 2 aromatic rings. The molecule has 2 unspecified atom stereocenters. The van der Waals surface area contributed by atoms with Gasteiger partial charge in [-0.3, -0.25) is 9.59 Å². The maximum Gasteiger partial charge on any atom is 0.251 e. The molecule has 0 aromatic heterocycles. The fraction of sp³-hybridized carbons (Fsp3) is 0.417. The van der Waals surface area contributed by atoms with Crippen LogP contribution in [0.15, 0.2) is 54.6 Å². The smallest absolute Gasteiger partial charge is 0.251 e. The molecule has 1 heterocycles. The lowest BCUT2D eigenvalue weighted by molar-refractivity contribution is -0.121. The minimum Gasteiger partial charge on any atom is -0.356 e. The Morgan fingerprint density at radius 3 is 2.50 bits per heavy atom. The molecule has 30 heavy (non-hydrogen) atoms. The molecular formula is C24H32ClN3O2. The van der Waals surface area contributed by atoms with Crippen molar-refractivity contribution in [1.82, 2.24) is 16.0 Å². The Morgan fingerprint density at radius 2 is 1.83 bits per heavy atom. The molecule has 162 valence electrons. The number of aryl methyl sites for hydroxylation is 1. The molecular weight excluding hydrogens is 398 g/mol.